The lowest BCUT2D eigenvalue weighted by Gasteiger charge is -2.14. The topological polar surface area (TPSA) is 82.4 Å². The quantitative estimate of drug-likeness (QED) is 0.743. The fraction of sp³-hybridized carbons (Fsp3) is 0.389. The Hall–Kier alpha value is -2.83. The number of benzene rings is 1. The molecule has 2 rings (SSSR count). The summed E-state index contributed by atoms with van der Waals surface area (Å²) in [5.41, 5.74) is 0.837. The Morgan fingerprint density at radius 3 is 2.80 bits per heavy atom. The van der Waals surface area contributed by atoms with E-state index in [-0.39, 0.29) is 18.0 Å². The molecule has 1 N–H and O–H groups in total. The number of anilines is 1. The number of nitrogens with one attached hydrogen (secondary N) is 1. The number of carbonyl (C=O) groups excluding carboxylic acids is 1. The standard InChI is InChI=1S/C18H23N3O4/c1-4-5-10-25-16-8-7-14(24-3)11-15(16)19-17(22)12-21-18(23)9-6-13(2)20-21/h6-9,11H,4-5,10,12H2,1-3H3,(H,19,22). The largest absolute Gasteiger partial charge is 0.497 e. The van der Waals surface area contributed by atoms with Crippen molar-refractivity contribution in [1.29, 1.82) is 0 Å². The third kappa shape index (κ3) is 5.34. The van der Waals surface area contributed by atoms with E-state index in [1.54, 1.807) is 38.3 Å². The Balaban J connectivity index is 2.14. The van der Waals surface area contributed by atoms with Gasteiger partial charge in [0.2, 0.25) is 5.91 Å². The monoisotopic (exact) mass is 345 g/mol. The van der Waals surface area contributed by atoms with Crippen LogP contribution in [0, 0.1) is 6.92 Å². The van der Waals surface area contributed by atoms with Crippen molar-refractivity contribution in [2.75, 3.05) is 19.0 Å². The number of ether oxygens (including phenoxy) is 2. The van der Waals surface area contributed by atoms with E-state index in [9.17, 15) is 9.59 Å². The fourth-order valence-electron chi connectivity index (χ4n) is 2.18. The van der Waals surface area contributed by atoms with Crippen LogP contribution in [-0.4, -0.2) is 29.4 Å². The highest BCUT2D eigenvalue weighted by Crippen LogP contribution is 2.29. The maximum absolute atomic E-state index is 12.3. The van der Waals surface area contributed by atoms with Gasteiger partial charge in [-0.2, -0.15) is 5.10 Å². The first-order valence-corrected chi connectivity index (χ1v) is 8.19. The molecule has 1 heterocycles. The molecule has 25 heavy (non-hydrogen) atoms. The zero-order chi connectivity index (χ0) is 18.2. The molecule has 0 bridgehead atoms. The van der Waals surface area contributed by atoms with Gasteiger partial charge in [0.25, 0.3) is 5.56 Å². The van der Waals surface area contributed by atoms with Gasteiger partial charge in [-0.05, 0) is 31.5 Å². The first kappa shape index (κ1) is 18.5. The Kier molecular flexibility index (Phi) is 6.56. The van der Waals surface area contributed by atoms with Crippen molar-refractivity contribution in [3.63, 3.8) is 0 Å². The summed E-state index contributed by atoms with van der Waals surface area (Å²) in [7, 11) is 1.55. The van der Waals surface area contributed by atoms with Crippen molar-refractivity contribution >= 4 is 11.6 Å². The number of amides is 1. The molecular formula is C18H23N3O4. The van der Waals surface area contributed by atoms with Gasteiger partial charge in [0.05, 0.1) is 25.1 Å². The van der Waals surface area contributed by atoms with Crippen molar-refractivity contribution in [3.05, 3.63) is 46.4 Å². The van der Waals surface area contributed by atoms with Crippen LogP contribution in [0.2, 0.25) is 0 Å². The van der Waals surface area contributed by atoms with Gasteiger partial charge in [-0.25, -0.2) is 4.68 Å². The Morgan fingerprint density at radius 2 is 2.08 bits per heavy atom. The number of nitrogens with zero attached hydrogens (tertiary/aromatic N) is 2. The molecule has 0 aliphatic heterocycles. The molecule has 1 aromatic heterocycles. The highest BCUT2D eigenvalue weighted by atomic mass is 16.5. The smallest absolute Gasteiger partial charge is 0.267 e. The minimum absolute atomic E-state index is 0.174. The van der Waals surface area contributed by atoms with E-state index < -0.39 is 0 Å². The second-order valence-electron chi connectivity index (χ2n) is 5.58. The van der Waals surface area contributed by atoms with Crippen LogP contribution in [0.5, 0.6) is 11.5 Å². The van der Waals surface area contributed by atoms with Gasteiger partial charge < -0.3 is 14.8 Å². The van der Waals surface area contributed by atoms with Gasteiger partial charge in [0.15, 0.2) is 0 Å². The summed E-state index contributed by atoms with van der Waals surface area (Å²) in [6, 6.07) is 8.20. The summed E-state index contributed by atoms with van der Waals surface area (Å²) in [6.45, 7) is 4.22. The lowest BCUT2D eigenvalue weighted by Crippen LogP contribution is -2.29. The summed E-state index contributed by atoms with van der Waals surface area (Å²) >= 11 is 0. The molecule has 0 unspecified atom stereocenters. The molecule has 0 radical (unpaired) electrons. The zero-order valence-electron chi connectivity index (χ0n) is 14.7. The fourth-order valence-corrected chi connectivity index (χ4v) is 2.18. The van der Waals surface area contributed by atoms with Crippen LogP contribution in [0.15, 0.2) is 35.1 Å². The Morgan fingerprint density at radius 1 is 1.28 bits per heavy atom. The normalized spacial score (nSPS) is 10.4. The van der Waals surface area contributed by atoms with E-state index in [0.29, 0.717) is 29.5 Å². The van der Waals surface area contributed by atoms with E-state index in [4.69, 9.17) is 9.47 Å². The molecular weight excluding hydrogens is 322 g/mol. The molecule has 7 heteroatoms. The van der Waals surface area contributed by atoms with Crippen LogP contribution >= 0.6 is 0 Å². The molecule has 0 saturated heterocycles. The number of hydrogen-bond acceptors (Lipinski definition) is 5. The van der Waals surface area contributed by atoms with Crippen LogP contribution in [0.25, 0.3) is 0 Å². The van der Waals surface area contributed by atoms with Gasteiger partial charge in [-0.3, -0.25) is 9.59 Å². The number of aryl methyl sites for hydroxylation is 1. The molecule has 0 spiro atoms. The SMILES string of the molecule is CCCCOc1ccc(OC)cc1NC(=O)Cn1nc(C)ccc1=O. The summed E-state index contributed by atoms with van der Waals surface area (Å²) in [5.74, 6) is 0.796. The molecule has 0 atom stereocenters. The van der Waals surface area contributed by atoms with Crippen molar-refractivity contribution in [1.82, 2.24) is 9.78 Å². The highest BCUT2D eigenvalue weighted by Gasteiger charge is 2.11. The summed E-state index contributed by atoms with van der Waals surface area (Å²) < 4.78 is 12.0. The molecule has 1 aromatic carbocycles. The molecule has 134 valence electrons. The number of carbonyl (C=O) groups is 1. The van der Waals surface area contributed by atoms with Gasteiger partial charge in [-0.1, -0.05) is 13.3 Å². The molecule has 0 saturated carbocycles. The minimum atomic E-state index is -0.367. The van der Waals surface area contributed by atoms with Gasteiger partial charge in [0, 0.05) is 12.1 Å². The second kappa shape index (κ2) is 8.86. The predicted molar refractivity (Wildman–Crippen MR) is 95.3 cm³/mol. The Labute approximate surface area is 146 Å². The van der Waals surface area contributed by atoms with Crippen molar-refractivity contribution < 1.29 is 14.3 Å². The van der Waals surface area contributed by atoms with Crippen molar-refractivity contribution in [3.8, 4) is 11.5 Å². The number of unbranched alkanes of at least 4 members (excludes halogenated alkanes) is 1. The zero-order valence-corrected chi connectivity index (χ0v) is 14.7. The predicted octanol–water partition coefficient (Wildman–Crippen LogP) is 2.38. The Bertz CT molecular complexity index is 786. The maximum Gasteiger partial charge on any atom is 0.267 e. The second-order valence-corrected chi connectivity index (χ2v) is 5.58. The average molecular weight is 345 g/mol. The van der Waals surface area contributed by atoms with E-state index in [1.807, 2.05) is 0 Å². The first-order valence-electron chi connectivity index (χ1n) is 8.19. The van der Waals surface area contributed by atoms with Crippen molar-refractivity contribution in [2.45, 2.75) is 33.2 Å². The van der Waals surface area contributed by atoms with Crippen LogP contribution < -0.4 is 20.3 Å². The summed E-state index contributed by atoms with van der Waals surface area (Å²) in [6.07, 6.45) is 1.93. The van der Waals surface area contributed by atoms with Crippen LogP contribution in [0.4, 0.5) is 5.69 Å². The lowest BCUT2D eigenvalue weighted by molar-refractivity contribution is -0.117. The first-order chi connectivity index (χ1) is 12.0. The van der Waals surface area contributed by atoms with E-state index >= 15 is 0 Å². The van der Waals surface area contributed by atoms with Crippen LogP contribution in [0.3, 0.4) is 0 Å². The summed E-state index contributed by atoms with van der Waals surface area (Å²) in [5, 5.41) is 6.82. The highest BCUT2D eigenvalue weighted by molar-refractivity contribution is 5.92. The molecule has 0 aliphatic carbocycles. The average Bonchev–Trinajstić information content (AvgIpc) is 2.59. The minimum Gasteiger partial charge on any atom is -0.497 e. The van der Waals surface area contributed by atoms with Crippen molar-refractivity contribution in [2.24, 2.45) is 0 Å². The molecule has 0 aliphatic rings. The third-order valence-corrected chi connectivity index (χ3v) is 3.51. The molecule has 0 fully saturated rings. The number of aromatic nitrogens is 2. The van der Waals surface area contributed by atoms with Gasteiger partial charge in [-0.15, -0.1) is 0 Å². The number of methoxy groups -OCH3 is 1. The molecule has 2 aromatic rings. The molecule has 7 nitrogen and oxygen atoms in total. The van der Waals surface area contributed by atoms with Gasteiger partial charge in [0.1, 0.15) is 18.0 Å². The van der Waals surface area contributed by atoms with Crippen LogP contribution in [0.1, 0.15) is 25.5 Å². The van der Waals surface area contributed by atoms with Gasteiger partial charge >= 0.3 is 0 Å². The number of rotatable bonds is 8. The number of hydrogen-bond donors (Lipinski definition) is 1. The molecule has 1 amide bonds. The summed E-state index contributed by atoms with van der Waals surface area (Å²) in [4.78, 5) is 24.1. The van der Waals surface area contributed by atoms with E-state index in [2.05, 4.69) is 17.3 Å². The van der Waals surface area contributed by atoms with Crippen LogP contribution in [-0.2, 0) is 11.3 Å². The lowest BCUT2D eigenvalue weighted by atomic mass is 10.2. The van der Waals surface area contributed by atoms with E-state index in [0.717, 1.165) is 17.5 Å². The maximum atomic E-state index is 12.3. The van der Waals surface area contributed by atoms with E-state index in [1.165, 1.54) is 6.07 Å². The third-order valence-electron chi connectivity index (χ3n) is 3.51.